The molecule has 0 saturated heterocycles. The number of aryl methyl sites for hydroxylation is 2. The van der Waals surface area contributed by atoms with Gasteiger partial charge in [-0.3, -0.25) is 14.4 Å². The van der Waals surface area contributed by atoms with Crippen LogP contribution in [0.3, 0.4) is 0 Å². The Balaban J connectivity index is 1.73. The van der Waals surface area contributed by atoms with E-state index in [1.807, 2.05) is 60.1 Å². The van der Waals surface area contributed by atoms with Crippen molar-refractivity contribution in [1.29, 1.82) is 0 Å². The van der Waals surface area contributed by atoms with Crippen molar-refractivity contribution < 1.29 is 14.3 Å². The number of ether oxygens (including phenoxy) is 2. The summed E-state index contributed by atoms with van der Waals surface area (Å²) in [4.78, 5) is 40.5. The predicted octanol–water partition coefficient (Wildman–Crippen LogP) is 5.53. The van der Waals surface area contributed by atoms with Crippen molar-refractivity contribution >= 4 is 27.8 Å². The van der Waals surface area contributed by atoms with E-state index in [-0.39, 0.29) is 34.0 Å². The third-order valence-corrected chi connectivity index (χ3v) is 8.50. The van der Waals surface area contributed by atoms with Gasteiger partial charge in [-0.15, -0.1) is 0 Å². The molecular weight excluding hydrogens is 492 g/mol. The SMILES string of the molecule is CC(=O)Oc1c([C@H]2Oc3c(c(=O)c4ccccc4n3C)[C@@H]3C=C(C)CC(C)(C)[C@H]23)c(=O)n(C)c2ccccc12. The van der Waals surface area contributed by atoms with Gasteiger partial charge in [0.25, 0.3) is 5.56 Å². The molecule has 2 aromatic heterocycles. The maximum atomic E-state index is 14.1. The molecule has 0 amide bonds. The van der Waals surface area contributed by atoms with Crippen molar-refractivity contribution in [2.45, 2.75) is 46.1 Å². The van der Waals surface area contributed by atoms with Gasteiger partial charge < -0.3 is 18.6 Å². The van der Waals surface area contributed by atoms with Gasteiger partial charge in [0.1, 0.15) is 11.7 Å². The van der Waals surface area contributed by atoms with Crippen LogP contribution in [-0.2, 0) is 18.9 Å². The zero-order chi connectivity index (χ0) is 27.8. The quantitative estimate of drug-likeness (QED) is 0.255. The molecule has 200 valence electrons. The topological polar surface area (TPSA) is 79.5 Å². The van der Waals surface area contributed by atoms with Crippen molar-refractivity contribution in [3.8, 4) is 11.6 Å². The van der Waals surface area contributed by atoms with Gasteiger partial charge in [0.05, 0.1) is 16.6 Å². The number of rotatable bonds is 2. The molecule has 7 heteroatoms. The average Bonchev–Trinajstić information content (AvgIpc) is 2.89. The van der Waals surface area contributed by atoms with E-state index in [0.717, 1.165) is 11.9 Å². The van der Waals surface area contributed by atoms with E-state index in [0.29, 0.717) is 33.3 Å². The van der Waals surface area contributed by atoms with E-state index in [1.165, 1.54) is 12.5 Å². The third kappa shape index (κ3) is 3.67. The van der Waals surface area contributed by atoms with E-state index in [2.05, 4.69) is 26.8 Å². The molecular formula is C32H32N2O5. The first-order valence-electron chi connectivity index (χ1n) is 13.3. The molecule has 0 saturated carbocycles. The molecule has 1 aliphatic carbocycles. The zero-order valence-electron chi connectivity index (χ0n) is 23.1. The van der Waals surface area contributed by atoms with Crippen LogP contribution in [0.25, 0.3) is 21.8 Å². The molecule has 6 rings (SSSR count). The normalized spacial score (nSPS) is 21.6. The summed E-state index contributed by atoms with van der Waals surface area (Å²) in [6.45, 7) is 7.74. The van der Waals surface area contributed by atoms with E-state index in [9.17, 15) is 14.4 Å². The molecule has 0 radical (unpaired) electrons. The first-order chi connectivity index (χ1) is 18.5. The minimum absolute atomic E-state index is 0.0551. The number of nitrogens with zero attached hydrogens (tertiary/aromatic N) is 2. The van der Waals surface area contributed by atoms with E-state index in [4.69, 9.17) is 9.47 Å². The first kappa shape index (κ1) is 25.2. The van der Waals surface area contributed by atoms with Crippen molar-refractivity contribution in [2.24, 2.45) is 25.4 Å². The lowest BCUT2D eigenvalue weighted by Crippen LogP contribution is -2.46. The molecule has 3 atom stereocenters. The van der Waals surface area contributed by atoms with Crippen LogP contribution in [0.2, 0.25) is 0 Å². The Bertz CT molecular complexity index is 1840. The number of hydrogen-bond donors (Lipinski definition) is 0. The highest BCUT2D eigenvalue weighted by Crippen LogP contribution is 2.58. The van der Waals surface area contributed by atoms with Crippen LogP contribution < -0.4 is 20.5 Å². The number of carbonyl (C=O) groups excluding carboxylic acids is 1. The van der Waals surface area contributed by atoms with Gasteiger partial charge >= 0.3 is 5.97 Å². The fraction of sp³-hybridized carbons (Fsp3) is 0.344. The molecule has 7 nitrogen and oxygen atoms in total. The number of carbonyl (C=O) groups is 1. The van der Waals surface area contributed by atoms with Crippen LogP contribution in [0, 0.1) is 11.3 Å². The van der Waals surface area contributed by atoms with Crippen LogP contribution in [0.4, 0.5) is 0 Å². The highest BCUT2D eigenvalue weighted by Gasteiger charge is 2.52. The fourth-order valence-electron chi connectivity index (χ4n) is 7.01. The number of para-hydroxylation sites is 2. The monoisotopic (exact) mass is 524 g/mol. The summed E-state index contributed by atoms with van der Waals surface area (Å²) >= 11 is 0. The minimum Gasteiger partial charge on any atom is -0.470 e. The molecule has 1 aliphatic heterocycles. The second-order valence-electron chi connectivity index (χ2n) is 11.6. The summed E-state index contributed by atoms with van der Waals surface area (Å²) in [5.41, 5.74) is 2.84. The van der Waals surface area contributed by atoms with Gasteiger partial charge in [-0.25, -0.2) is 0 Å². The van der Waals surface area contributed by atoms with Gasteiger partial charge in [-0.1, -0.05) is 49.8 Å². The Kier molecular flexibility index (Phi) is 5.61. The predicted molar refractivity (Wildman–Crippen MR) is 151 cm³/mol. The standard InChI is InChI=1S/C32H32N2O5/c1-17-15-21-24-27(36)19-11-7-9-13-22(19)34(6)31(24)39-29(26(21)32(3,4)16-17)25-28(38-18(2)35)20-12-8-10-14-23(20)33(5)30(25)37/h7-15,21,26,29H,16H2,1-6H3/t21-,26-,29+/m0/s1. The number of fused-ring (bicyclic) bond motifs is 5. The largest absolute Gasteiger partial charge is 0.470 e. The lowest BCUT2D eigenvalue weighted by Gasteiger charge is -2.49. The average molecular weight is 525 g/mol. The van der Waals surface area contributed by atoms with Crippen molar-refractivity contribution in [2.75, 3.05) is 0 Å². The highest BCUT2D eigenvalue weighted by molar-refractivity contribution is 5.89. The molecule has 39 heavy (non-hydrogen) atoms. The Labute approximate surface area is 226 Å². The number of benzene rings is 2. The summed E-state index contributed by atoms with van der Waals surface area (Å²) in [7, 11) is 3.60. The van der Waals surface area contributed by atoms with Crippen molar-refractivity contribution in [1.82, 2.24) is 9.13 Å². The maximum Gasteiger partial charge on any atom is 0.308 e. The molecule has 0 bridgehead atoms. The third-order valence-electron chi connectivity index (χ3n) is 8.50. The van der Waals surface area contributed by atoms with Crippen LogP contribution >= 0.6 is 0 Å². The van der Waals surface area contributed by atoms with E-state index in [1.54, 1.807) is 11.6 Å². The van der Waals surface area contributed by atoms with Crippen LogP contribution in [0.5, 0.6) is 11.6 Å². The molecule has 2 aromatic carbocycles. The molecule has 0 N–H and O–H groups in total. The van der Waals surface area contributed by atoms with Gasteiger partial charge in [-0.2, -0.15) is 0 Å². The van der Waals surface area contributed by atoms with Gasteiger partial charge in [0, 0.05) is 43.6 Å². The molecule has 0 unspecified atom stereocenters. The van der Waals surface area contributed by atoms with E-state index >= 15 is 0 Å². The number of esters is 1. The zero-order valence-corrected chi connectivity index (χ0v) is 23.1. The number of pyridine rings is 2. The second kappa shape index (κ2) is 8.70. The highest BCUT2D eigenvalue weighted by atomic mass is 16.5. The Hall–Kier alpha value is -4.13. The molecule has 4 aromatic rings. The summed E-state index contributed by atoms with van der Waals surface area (Å²) in [6.07, 6.45) is 2.19. The first-order valence-corrected chi connectivity index (χ1v) is 13.3. The second-order valence-corrected chi connectivity index (χ2v) is 11.6. The Morgan fingerprint density at radius 1 is 0.949 bits per heavy atom. The maximum absolute atomic E-state index is 14.1. The molecule has 2 aliphatic rings. The van der Waals surface area contributed by atoms with Crippen LogP contribution in [-0.4, -0.2) is 15.1 Å². The fourth-order valence-corrected chi connectivity index (χ4v) is 7.01. The summed E-state index contributed by atoms with van der Waals surface area (Å²) in [5, 5.41) is 1.29. The number of allylic oxidation sites excluding steroid dienone is 2. The number of aromatic nitrogens is 2. The summed E-state index contributed by atoms with van der Waals surface area (Å²) in [5.74, 6) is -0.394. The lowest BCUT2D eigenvalue weighted by atomic mass is 9.59. The number of hydrogen-bond acceptors (Lipinski definition) is 5. The Morgan fingerprint density at radius 3 is 2.23 bits per heavy atom. The lowest BCUT2D eigenvalue weighted by molar-refractivity contribution is -0.131. The Morgan fingerprint density at radius 2 is 1.56 bits per heavy atom. The van der Waals surface area contributed by atoms with Crippen LogP contribution in [0.15, 0.2) is 69.8 Å². The van der Waals surface area contributed by atoms with Gasteiger partial charge in [0.15, 0.2) is 11.2 Å². The molecule has 0 fully saturated rings. The summed E-state index contributed by atoms with van der Waals surface area (Å²) in [6, 6.07) is 14.9. The molecule has 0 spiro atoms. The van der Waals surface area contributed by atoms with Crippen molar-refractivity contribution in [3.05, 3.63) is 91.9 Å². The van der Waals surface area contributed by atoms with Gasteiger partial charge in [0.2, 0.25) is 5.88 Å². The van der Waals surface area contributed by atoms with Crippen LogP contribution in [0.1, 0.15) is 57.3 Å². The van der Waals surface area contributed by atoms with Crippen molar-refractivity contribution in [3.63, 3.8) is 0 Å². The smallest absolute Gasteiger partial charge is 0.308 e. The minimum atomic E-state index is -0.758. The molecule has 3 heterocycles. The van der Waals surface area contributed by atoms with E-state index < -0.39 is 12.1 Å². The summed E-state index contributed by atoms with van der Waals surface area (Å²) < 4.78 is 16.1. The van der Waals surface area contributed by atoms with Gasteiger partial charge in [-0.05, 0) is 43.0 Å².